The highest BCUT2D eigenvalue weighted by Crippen LogP contribution is 2.46. The highest BCUT2D eigenvalue weighted by Gasteiger charge is 2.24. The molecule has 1 aliphatic heterocycles. The Kier molecular flexibility index (Phi) is 4.61. The first kappa shape index (κ1) is 15.7. The number of rotatable bonds is 4. The van der Waals surface area contributed by atoms with E-state index < -0.39 is 0 Å². The van der Waals surface area contributed by atoms with Crippen LogP contribution in [0.1, 0.15) is 5.56 Å². The molecule has 0 saturated heterocycles. The summed E-state index contributed by atoms with van der Waals surface area (Å²) in [7, 11) is 0. The fraction of sp³-hybridized carbons (Fsp3) is 0.0476. The van der Waals surface area contributed by atoms with Crippen LogP contribution in [0.4, 0.5) is 11.4 Å². The Morgan fingerprint density at radius 2 is 1.80 bits per heavy atom. The molecule has 0 saturated carbocycles. The lowest BCUT2D eigenvalue weighted by Gasteiger charge is -2.20. The maximum atomic E-state index is 4.47. The van der Waals surface area contributed by atoms with Crippen molar-refractivity contribution in [3.8, 4) is 0 Å². The monoisotopic (exact) mass is 343 g/mol. The molecule has 0 aliphatic carbocycles. The summed E-state index contributed by atoms with van der Waals surface area (Å²) in [4.78, 5) is 12.2. The van der Waals surface area contributed by atoms with E-state index in [9.17, 15) is 0 Å². The SMILES string of the molecule is C(C=C1Sc2ccccc2N1Cc1ccccc1)=Nc1cccnc1. The summed E-state index contributed by atoms with van der Waals surface area (Å²) < 4.78 is 0. The zero-order valence-electron chi connectivity index (χ0n) is 13.6. The third-order valence-electron chi connectivity index (χ3n) is 3.91. The van der Waals surface area contributed by atoms with E-state index in [1.165, 1.54) is 21.2 Å². The second-order valence-corrected chi connectivity index (χ2v) is 6.70. The molecule has 0 bridgehead atoms. The molecular weight excluding hydrogens is 326 g/mol. The van der Waals surface area contributed by atoms with Gasteiger partial charge in [-0.25, -0.2) is 0 Å². The van der Waals surface area contributed by atoms with Crippen LogP contribution in [0.2, 0.25) is 0 Å². The van der Waals surface area contributed by atoms with Gasteiger partial charge in [0.25, 0.3) is 0 Å². The average molecular weight is 343 g/mol. The molecule has 0 fully saturated rings. The molecule has 0 N–H and O–H groups in total. The number of para-hydroxylation sites is 1. The van der Waals surface area contributed by atoms with Crippen LogP contribution in [0.3, 0.4) is 0 Å². The van der Waals surface area contributed by atoms with Crippen LogP contribution < -0.4 is 4.90 Å². The first-order valence-electron chi connectivity index (χ1n) is 8.13. The smallest absolute Gasteiger partial charge is 0.0820 e. The highest BCUT2D eigenvalue weighted by molar-refractivity contribution is 8.03. The first-order valence-corrected chi connectivity index (χ1v) is 8.94. The third kappa shape index (κ3) is 3.64. The Balaban J connectivity index is 1.62. The maximum Gasteiger partial charge on any atom is 0.0820 e. The van der Waals surface area contributed by atoms with Gasteiger partial charge in [-0.1, -0.05) is 54.2 Å². The number of aromatic nitrogens is 1. The number of pyridine rings is 1. The number of hydrogen-bond acceptors (Lipinski definition) is 4. The van der Waals surface area contributed by atoms with E-state index in [0.29, 0.717) is 0 Å². The topological polar surface area (TPSA) is 28.5 Å². The van der Waals surface area contributed by atoms with Crippen molar-refractivity contribution in [2.45, 2.75) is 11.4 Å². The van der Waals surface area contributed by atoms with Crippen LogP contribution in [-0.4, -0.2) is 11.2 Å². The van der Waals surface area contributed by atoms with Crippen molar-refractivity contribution in [1.29, 1.82) is 0 Å². The lowest BCUT2D eigenvalue weighted by atomic mass is 10.2. The van der Waals surface area contributed by atoms with E-state index >= 15 is 0 Å². The summed E-state index contributed by atoms with van der Waals surface area (Å²) in [6.45, 7) is 0.845. The Hall–Kier alpha value is -2.85. The number of hydrogen-bond donors (Lipinski definition) is 0. The molecule has 25 heavy (non-hydrogen) atoms. The summed E-state index contributed by atoms with van der Waals surface area (Å²) in [6, 6.07) is 22.9. The van der Waals surface area contributed by atoms with Gasteiger partial charge in [-0.3, -0.25) is 9.98 Å². The average Bonchev–Trinajstić information content (AvgIpc) is 3.01. The van der Waals surface area contributed by atoms with Gasteiger partial charge in [0, 0.05) is 23.9 Å². The van der Waals surface area contributed by atoms with E-state index in [1.807, 2.05) is 24.4 Å². The molecule has 1 aliphatic rings. The predicted molar refractivity (Wildman–Crippen MR) is 105 cm³/mol. The summed E-state index contributed by atoms with van der Waals surface area (Å²) in [5.41, 5.74) is 3.39. The molecule has 3 aromatic rings. The maximum absolute atomic E-state index is 4.47. The molecule has 4 heteroatoms. The van der Waals surface area contributed by atoms with Crippen LogP contribution in [0, 0.1) is 0 Å². The minimum Gasteiger partial charge on any atom is -0.330 e. The van der Waals surface area contributed by atoms with Gasteiger partial charge in [0.1, 0.15) is 0 Å². The summed E-state index contributed by atoms with van der Waals surface area (Å²) in [6.07, 6.45) is 7.43. The number of allylic oxidation sites excluding steroid dienone is 1. The van der Waals surface area contributed by atoms with Crippen LogP contribution in [0.25, 0.3) is 0 Å². The van der Waals surface area contributed by atoms with Crippen molar-refractivity contribution in [2.75, 3.05) is 4.90 Å². The zero-order valence-corrected chi connectivity index (χ0v) is 14.4. The van der Waals surface area contributed by atoms with Gasteiger partial charge in [0.15, 0.2) is 0 Å². The zero-order chi connectivity index (χ0) is 16.9. The van der Waals surface area contributed by atoms with Crippen molar-refractivity contribution < 1.29 is 0 Å². The molecule has 2 heterocycles. The van der Waals surface area contributed by atoms with Gasteiger partial charge in [-0.15, -0.1) is 0 Å². The van der Waals surface area contributed by atoms with E-state index in [4.69, 9.17) is 0 Å². The van der Waals surface area contributed by atoms with Crippen LogP contribution in [0.5, 0.6) is 0 Å². The summed E-state index contributed by atoms with van der Waals surface area (Å²) in [5.74, 6) is 0. The summed E-state index contributed by atoms with van der Waals surface area (Å²) in [5, 5.41) is 1.18. The molecule has 0 atom stereocenters. The molecule has 0 spiro atoms. The Morgan fingerprint density at radius 3 is 2.64 bits per heavy atom. The summed E-state index contributed by atoms with van der Waals surface area (Å²) >= 11 is 1.78. The third-order valence-corrected chi connectivity index (χ3v) is 5.04. The van der Waals surface area contributed by atoms with Gasteiger partial charge in [0.05, 0.1) is 22.6 Å². The quantitative estimate of drug-likeness (QED) is 0.591. The van der Waals surface area contributed by atoms with Gasteiger partial charge in [0.2, 0.25) is 0 Å². The van der Waals surface area contributed by atoms with E-state index in [2.05, 4.69) is 69.5 Å². The Labute approximate surface area is 151 Å². The molecule has 0 unspecified atom stereocenters. The Morgan fingerprint density at radius 1 is 0.960 bits per heavy atom. The second-order valence-electron chi connectivity index (χ2n) is 5.64. The molecule has 2 aromatic carbocycles. The van der Waals surface area contributed by atoms with Crippen LogP contribution >= 0.6 is 11.8 Å². The molecule has 0 radical (unpaired) electrons. The van der Waals surface area contributed by atoms with Crippen molar-refractivity contribution in [3.05, 3.63) is 95.8 Å². The minimum absolute atomic E-state index is 0.845. The van der Waals surface area contributed by atoms with Crippen molar-refractivity contribution in [3.63, 3.8) is 0 Å². The van der Waals surface area contributed by atoms with Crippen molar-refractivity contribution in [1.82, 2.24) is 4.98 Å². The number of aliphatic imine (C=N–C) groups is 1. The molecular formula is C21H17N3S. The van der Waals surface area contributed by atoms with Gasteiger partial charge < -0.3 is 4.90 Å². The number of anilines is 1. The molecule has 3 nitrogen and oxygen atoms in total. The molecule has 122 valence electrons. The highest BCUT2D eigenvalue weighted by atomic mass is 32.2. The van der Waals surface area contributed by atoms with Gasteiger partial charge >= 0.3 is 0 Å². The lowest BCUT2D eigenvalue weighted by molar-refractivity contribution is 0.956. The van der Waals surface area contributed by atoms with E-state index in [1.54, 1.807) is 24.2 Å². The largest absolute Gasteiger partial charge is 0.330 e. The Bertz CT molecular complexity index is 905. The van der Waals surface area contributed by atoms with Crippen LogP contribution in [-0.2, 0) is 6.54 Å². The normalized spacial score (nSPS) is 15.0. The van der Waals surface area contributed by atoms with Gasteiger partial charge in [-0.2, -0.15) is 0 Å². The minimum atomic E-state index is 0.845. The molecule has 0 amide bonds. The fourth-order valence-corrected chi connectivity index (χ4v) is 3.78. The van der Waals surface area contributed by atoms with Crippen molar-refractivity contribution >= 4 is 29.4 Å². The lowest BCUT2D eigenvalue weighted by Crippen LogP contribution is -2.17. The fourth-order valence-electron chi connectivity index (χ4n) is 2.72. The first-order chi connectivity index (χ1) is 12.4. The van der Waals surface area contributed by atoms with E-state index in [-0.39, 0.29) is 0 Å². The molecule has 4 rings (SSSR count). The number of nitrogens with zero attached hydrogens (tertiary/aromatic N) is 3. The second kappa shape index (κ2) is 7.36. The standard InChI is InChI=1S/C21H17N3S/c1-2-7-17(8-3-1)16-24-19-10-4-5-11-20(19)25-21(24)12-14-23-18-9-6-13-22-15-18/h1-15H,16H2. The number of fused-ring (bicyclic) bond motifs is 1. The predicted octanol–water partition coefficient (Wildman–Crippen LogP) is 5.44. The molecule has 1 aromatic heterocycles. The van der Waals surface area contributed by atoms with E-state index in [0.717, 1.165) is 12.2 Å². The van der Waals surface area contributed by atoms with Crippen molar-refractivity contribution in [2.24, 2.45) is 4.99 Å². The number of benzene rings is 2. The number of thioether (sulfide) groups is 1. The van der Waals surface area contributed by atoms with Gasteiger partial charge in [-0.05, 0) is 35.9 Å². The van der Waals surface area contributed by atoms with Crippen LogP contribution in [0.15, 0.2) is 100 Å².